The number of alkyl halides is 2. The first-order valence-electron chi connectivity index (χ1n) is 8.39. The van der Waals surface area contributed by atoms with E-state index in [1.54, 1.807) is 6.07 Å². The average molecular weight is 354 g/mol. The molecule has 7 heteroatoms. The van der Waals surface area contributed by atoms with E-state index in [2.05, 4.69) is 0 Å². The molecule has 1 unspecified atom stereocenters. The molecule has 138 valence electrons. The number of anilines is 1. The zero-order valence-electron chi connectivity index (χ0n) is 14.8. The maximum Gasteiger partial charge on any atom is 0.255 e. The number of aryl methyl sites for hydroxylation is 1. The van der Waals surface area contributed by atoms with Crippen molar-refractivity contribution in [2.75, 3.05) is 31.6 Å². The van der Waals surface area contributed by atoms with Crippen LogP contribution in [-0.2, 0) is 9.59 Å². The molecular weight excluding hydrogens is 330 g/mol. The quantitative estimate of drug-likeness (QED) is 0.757. The first-order valence-corrected chi connectivity index (χ1v) is 8.39. The number of carbonyl (C=O) groups excluding carboxylic acids is 2. The molecule has 0 N–H and O–H groups in total. The van der Waals surface area contributed by atoms with Crippen LogP contribution in [0.2, 0.25) is 0 Å². The molecule has 1 saturated heterocycles. The number of hydrogen-bond acceptors (Lipinski definition) is 3. The summed E-state index contributed by atoms with van der Waals surface area (Å²) in [6.45, 7) is 3.58. The van der Waals surface area contributed by atoms with Gasteiger partial charge in [0, 0.05) is 19.5 Å². The molecule has 1 aromatic rings. The van der Waals surface area contributed by atoms with E-state index in [0.29, 0.717) is 17.9 Å². The van der Waals surface area contributed by atoms with Gasteiger partial charge in [0.25, 0.3) is 6.43 Å². The van der Waals surface area contributed by atoms with Gasteiger partial charge in [-0.2, -0.15) is 0 Å². The first kappa shape index (κ1) is 19.1. The smallest absolute Gasteiger partial charge is 0.255 e. The van der Waals surface area contributed by atoms with Crippen molar-refractivity contribution in [2.24, 2.45) is 5.92 Å². The van der Waals surface area contributed by atoms with Gasteiger partial charge in [0.15, 0.2) is 0 Å². The SMILES string of the molecule is CCCN(CC(F)F)C(=O)C1CC(=O)N(c2cc(C)ccc2OC)C1. The number of hydrogen-bond donors (Lipinski definition) is 0. The van der Waals surface area contributed by atoms with Gasteiger partial charge in [-0.25, -0.2) is 8.78 Å². The van der Waals surface area contributed by atoms with Crippen LogP contribution in [0.5, 0.6) is 5.75 Å². The highest BCUT2D eigenvalue weighted by Gasteiger charge is 2.38. The summed E-state index contributed by atoms with van der Waals surface area (Å²) >= 11 is 0. The molecule has 0 spiro atoms. The standard InChI is InChI=1S/C18H24F2N2O3/c1-4-7-21(11-16(19)20)18(24)13-9-17(23)22(10-13)14-8-12(2)5-6-15(14)25-3/h5-6,8,13,16H,4,7,9-11H2,1-3H3. The van der Waals surface area contributed by atoms with Crippen molar-refractivity contribution < 1.29 is 23.1 Å². The lowest BCUT2D eigenvalue weighted by Crippen LogP contribution is -2.40. The molecule has 1 aliphatic rings. The van der Waals surface area contributed by atoms with Crippen molar-refractivity contribution in [3.05, 3.63) is 23.8 Å². The third kappa shape index (κ3) is 4.46. The van der Waals surface area contributed by atoms with Crippen LogP contribution in [0.3, 0.4) is 0 Å². The summed E-state index contributed by atoms with van der Waals surface area (Å²) in [7, 11) is 1.52. The minimum Gasteiger partial charge on any atom is -0.495 e. The highest BCUT2D eigenvalue weighted by molar-refractivity contribution is 6.01. The van der Waals surface area contributed by atoms with E-state index in [0.717, 1.165) is 5.56 Å². The molecular formula is C18H24F2N2O3. The maximum absolute atomic E-state index is 12.7. The Morgan fingerprint density at radius 3 is 2.76 bits per heavy atom. The van der Waals surface area contributed by atoms with Crippen LogP contribution in [0.15, 0.2) is 18.2 Å². The van der Waals surface area contributed by atoms with Gasteiger partial charge in [0.05, 0.1) is 25.3 Å². The van der Waals surface area contributed by atoms with Gasteiger partial charge in [0.1, 0.15) is 5.75 Å². The van der Waals surface area contributed by atoms with Crippen molar-refractivity contribution in [3.63, 3.8) is 0 Å². The summed E-state index contributed by atoms with van der Waals surface area (Å²) < 4.78 is 30.8. The zero-order chi connectivity index (χ0) is 18.6. The Labute approximate surface area is 146 Å². The van der Waals surface area contributed by atoms with Crippen LogP contribution in [0.25, 0.3) is 0 Å². The molecule has 1 aromatic carbocycles. The summed E-state index contributed by atoms with van der Waals surface area (Å²) in [4.78, 5) is 27.7. The number of carbonyl (C=O) groups is 2. The van der Waals surface area contributed by atoms with Gasteiger partial charge in [0.2, 0.25) is 11.8 Å². The van der Waals surface area contributed by atoms with Crippen LogP contribution >= 0.6 is 0 Å². The number of rotatable bonds is 7. The molecule has 5 nitrogen and oxygen atoms in total. The zero-order valence-corrected chi connectivity index (χ0v) is 14.8. The van der Waals surface area contributed by atoms with Crippen molar-refractivity contribution in [1.82, 2.24) is 4.90 Å². The van der Waals surface area contributed by atoms with Gasteiger partial charge in [-0.05, 0) is 31.0 Å². The molecule has 0 bridgehead atoms. The predicted molar refractivity (Wildman–Crippen MR) is 91.1 cm³/mol. The normalized spacial score (nSPS) is 17.3. The molecule has 1 atom stereocenters. The lowest BCUT2D eigenvalue weighted by molar-refractivity contribution is -0.137. The van der Waals surface area contributed by atoms with Crippen molar-refractivity contribution >= 4 is 17.5 Å². The van der Waals surface area contributed by atoms with Gasteiger partial charge in [-0.15, -0.1) is 0 Å². The molecule has 2 amide bonds. The number of benzene rings is 1. The number of halogens is 2. The Morgan fingerprint density at radius 2 is 2.16 bits per heavy atom. The minimum absolute atomic E-state index is 0.0272. The lowest BCUT2D eigenvalue weighted by Gasteiger charge is -2.25. The predicted octanol–water partition coefficient (Wildman–Crippen LogP) is 2.86. The summed E-state index contributed by atoms with van der Waals surface area (Å²) in [6.07, 6.45) is -1.96. The Bertz CT molecular complexity index is 637. The summed E-state index contributed by atoms with van der Waals surface area (Å²) in [6, 6.07) is 5.47. The van der Waals surface area contributed by atoms with Gasteiger partial charge in [-0.1, -0.05) is 13.0 Å². The third-order valence-electron chi connectivity index (χ3n) is 4.26. The van der Waals surface area contributed by atoms with E-state index >= 15 is 0 Å². The summed E-state index contributed by atoms with van der Waals surface area (Å²) in [5.74, 6) is -0.645. The summed E-state index contributed by atoms with van der Waals surface area (Å²) in [5.41, 5.74) is 1.57. The van der Waals surface area contributed by atoms with Crippen LogP contribution in [0.4, 0.5) is 14.5 Å². The Morgan fingerprint density at radius 1 is 1.44 bits per heavy atom. The van der Waals surface area contributed by atoms with Gasteiger partial charge in [-0.3, -0.25) is 9.59 Å². The van der Waals surface area contributed by atoms with Crippen LogP contribution in [0.1, 0.15) is 25.3 Å². The van der Waals surface area contributed by atoms with E-state index in [1.165, 1.54) is 16.9 Å². The molecule has 0 radical (unpaired) electrons. The number of ether oxygens (including phenoxy) is 1. The second-order valence-corrected chi connectivity index (χ2v) is 6.26. The van der Waals surface area contributed by atoms with Gasteiger partial charge >= 0.3 is 0 Å². The van der Waals surface area contributed by atoms with E-state index in [9.17, 15) is 18.4 Å². The molecule has 2 rings (SSSR count). The largest absolute Gasteiger partial charge is 0.495 e. The number of nitrogens with zero attached hydrogens (tertiary/aromatic N) is 2. The molecule has 0 aromatic heterocycles. The molecule has 1 heterocycles. The number of amides is 2. The second kappa shape index (κ2) is 8.27. The van der Waals surface area contributed by atoms with Crippen molar-refractivity contribution in [2.45, 2.75) is 33.1 Å². The minimum atomic E-state index is -2.58. The Hall–Kier alpha value is -2.18. The Balaban J connectivity index is 2.19. The third-order valence-corrected chi connectivity index (χ3v) is 4.26. The second-order valence-electron chi connectivity index (χ2n) is 6.26. The van der Waals surface area contributed by atoms with Crippen LogP contribution < -0.4 is 9.64 Å². The highest BCUT2D eigenvalue weighted by atomic mass is 19.3. The van der Waals surface area contributed by atoms with Gasteiger partial charge < -0.3 is 14.5 Å². The van der Waals surface area contributed by atoms with E-state index in [4.69, 9.17) is 4.74 Å². The van der Waals surface area contributed by atoms with E-state index in [-0.39, 0.29) is 31.3 Å². The fourth-order valence-electron chi connectivity index (χ4n) is 3.10. The lowest BCUT2D eigenvalue weighted by atomic mass is 10.1. The number of methoxy groups -OCH3 is 1. The van der Waals surface area contributed by atoms with Crippen molar-refractivity contribution in [1.29, 1.82) is 0 Å². The first-order chi connectivity index (χ1) is 11.9. The Kier molecular flexibility index (Phi) is 6.33. The monoisotopic (exact) mass is 354 g/mol. The maximum atomic E-state index is 12.7. The fraction of sp³-hybridized carbons (Fsp3) is 0.556. The summed E-state index contributed by atoms with van der Waals surface area (Å²) in [5, 5.41) is 0. The average Bonchev–Trinajstić information content (AvgIpc) is 2.95. The topological polar surface area (TPSA) is 49.9 Å². The highest BCUT2D eigenvalue weighted by Crippen LogP contribution is 2.34. The van der Waals surface area contributed by atoms with E-state index < -0.39 is 18.9 Å². The van der Waals surface area contributed by atoms with Crippen LogP contribution in [0, 0.1) is 12.8 Å². The van der Waals surface area contributed by atoms with Crippen LogP contribution in [-0.4, -0.2) is 49.9 Å². The fourth-order valence-corrected chi connectivity index (χ4v) is 3.10. The van der Waals surface area contributed by atoms with Crippen molar-refractivity contribution in [3.8, 4) is 5.75 Å². The molecule has 25 heavy (non-hydrogen) atoms. The molecule has 0 saturated carbocycles. The molecule has 1 fully saturated rings. The van der Waals surface area contributed by atoms with E-state index in [1.807, 2.05) is 26.0 Å². The molecule has 1 aliphatic heterocycles. The molecule has 0 aliphatic carbocycles.